The number of benzene rings is 4. The summed E-state index contributed by atoms with van der Waals surface area (Å²) >= 11 is 4.32. The first-order chi connectivity index (χ1) is 17.9. The van der Waals surface area contributed by atoms with Gasteiger partial charge in [0.1, 0.15) is 0 Å². The van der Waals surface area contributed by atoms with Gasteiger partial charge in [0.05, 0.1) is 0 Å². The fourth-order valence-corrected chi connectivity index (χ4v) is 8.22. The van der Waals surface area contributed by atoms with Crippen molar-refractivity contribution in [3.8, 4) is 0 Å². The Bertz CT molecular complexity index is 959. The molecule has 1 fully saturated rings. The van der Waals surface area contributed by atoms with E-state index in [1.807, 2.05) is 0 Å². The molecule has 0 bridgehead atoms. The van der Waals surface area contributed by atoms with Crippen LogP contribution in [0.2, 0.25) is 0 Å². The summed E-state index contributed by atoms with van der Waals surface area (Å²) in [6, 6.07) is 45.0. The highest BCUT2D eigenvalue weighted by atomic mass is 32.2. The van der Waals surface area contributed by atoms with Gasteiger partial charge in [-0.15, -0.1) is 0 Å². The maximum atomic E-state index is 2.34. The van der Waals surface area contributed by atoms with Gasteiger partial charge in [-0.3, -0.25) is 0 Å². The molecule has 0 radical (unpaired) electrons. The molecule has 184 valence electrons. The standard InChI is InChI=1S/C34H36S2/c1-5-13-27(14-6-1)31-21-32(28-15-7-2-8-16-28)24-36-26-34(30-19-11-4-12-20-30)22-33(25-35-23-31)29-17-9-3-10-18-29/h1-20,31-34H,21-26H2. The molecule has 36 heavy (non-hydrogen) atoms. The number of thioether (sulfide) groups is 2. The van der Waals surface area contributed by atoms with Crippen molar-refractivity contribution in [2.45, 2.75) is 36.5 Å². The quantitative estimate of drug-likeness (QED) is 0.269. The van der Waals surface area contributed by atoms with Crippen LogP contribution in [0.15, 0.2) is 121 Å². The van der Waals surface area contributed by atoms with Gasteiger partial charge in [-0.05, 0) is 58.8 Å². The Morgan fingerprint density at radius 2 is 0.556 bits per heavy atom. The van der Waals surface area contributed by atoms with Crippen molar-refractivity contribution in [3.05, 3.63) is 144 Å². The molecule has 0 nitrogen and oxygen atoms in total. The fourth-order valence-electron chi connectivity index (χ4n) is 5.49. The minimum Gasteiger partial charge on any atom is -0.161 e. The molecule has 1 heterocycles. The molecule has 0 N–H and O–H groups in total. The predicted molar refractivity (Wildman–Crippen MR) is 161 cm³/mol. The molecule has 4 aromatic carbocycles. The van der Waals surface area contributed by atoms with Crippen molar-refractivity contribution in [3.63, 3.8) is 0 Å². The van der Waals surface area contributed by atoms with Gasteiger partial charge >= 0.3 is 0 Å². The summed E-state index contributed by atoms with van der Waals surface area (Å²) in [7, 11) is 0. The largest absolute Gasteiger partial charge is 0.161 e. The predicted octanol–water partition coefficient (Wildman–Crippen LogP) is 9.38. The van der Waals surface area contributed by atoms with Crippen molar-refractivity contribution < 1.29 is 0 Å². The molecule has 4 unspecified atom stereocenters. The highest BCUT2D eigenvalue weighted by Crippen LogP contribution is 2.40. The third-order valence-electron chi connectivity index (χ3n) is 7.50. The van der Waals surface area contributed by atoms with Gasteiger partial charge in [0, 0.05) is 23.0 Å². The Hall–Kier alpha value is -2.42. The van der Waals surface area contributed by atoms with Crippen LogP contribution in [-0.2, 0) is 0 Å². The number of rotatable bonds is 4. The summed E-state index contributed by atoms with van der Waals surface area (Å²) in [4.78, 5) is 0. The Morgan fingerprint density at radius 3 is 0.778 bits per heavy atom. The van der Waals surface area contributed by atoms with Gasteiger partial charge in [-0.1, -0.05) is 121 Å². The Morgan fingerprint density at radius 1 is 0.333 bits per heavy atom. The van der Waals surface area contributed by atoms with E-state index in [2.05, 4.69) is 145 Å². The minimum atomic E-state index is 0.572. The summed E-state index contributed by atoms with van der Waals surface area (Å²) in [6.45, 7) is 0. The van der Waals surface area contributed by atoms with Gasteiger partial charge in [-0.25, -0.2) is 0 Å². The second-order valence-electron chi connectivity index (χ2n) is 9.98. The van der Waals surface area contributed by atoms with E-state index >= 15 is 0 Å². The molecule has 2 heteroatoms. The average molecular weight is 509 g/mol. The van der Waals surface area contributed by atoms with Crippen LogP contribution >= 0.6 is 23.5 Å². The lowest BCUT2D eigenvalue weighted by Crippen LogP contribution is -2.16. The van der Waals surface area contributed by atoms with E-state index in [0.717, 1.165) is 0 Å². The molecule has 1 aliphatic rings. The zero-order valence-corrected chi connectivity index (χ0v) is 22.5. The van der Waals surface area contributed by atoms with E-state index in [0.29, 0.717) is 23.7 Å². The molecule has 1 saturated heterocycles. The Labute approximate surface area is 225 Å². The van der Waals surface area contributed by atoms with Gasteiger partial charge in [0.2, 0.25) is 0 Å². The van der Waals surface area contributed by atoms with E-state index < -0.39 is 0 Å². The molecule has 0 aromatic heterocycles. The fraction of sp³-hybridized carbons (Fsp3) is 0.294. The number of hydrogen-bond acceptors (Lipinski definition) is 2. The molecule has 0 spiro atoms. The van der Waals surface area contributed by atoms with Crippen LogP contribution < -0.4 is 0 Å². The second kappa shape index (κ2) is 13.2. The monoisotopic (exact) mass is 508 g/mol. The normalized spacial score (nSPS) is 23.8. The van der Waals surface area contributed by atoms with Crippen LogP contribution in [0.4, 0.5) is 0 Å². The molecule has 1 aliphatic heterocycles. The van der Waals surface area contributed by atoms with E-state index in [1.54, 1.807) is 0 Å². The summed E-state index contributed by atoms with van der Waals surface area (Å²) < 4.78 is 0. The first kappa shape index (κ1) is 25.2. The summed E-state index contributed by atoms with van der Waals surface area (Å²) in [6.07, 6.45) is 2.42. The van der Waals surface area contributed by atoms with Crippen LogP contribution in [-0.4, -0.2) is 23.0 Å². The summed E-state index contributed by atoms with van der Waals surface area (Å²) in [5, 5.41) is 0. The molecule has 0 saturated carbocycles. The van der Waals surface area contributed by atoms with E-state index in [-0.39, 0.29) is 0 Å². The minimum absolute atomic E-state index is 0.572. The van der Waals surface area contributed by atoms with Crippen molar-refractivity contribution in [2.24, 2.45) is 0 Å². The van der Waals surface area contributed by atoms with Crippen molar-refractivity contribution >= 4 is 23.5 Å². The topological polar surface area (TPSA) is 0 Å². The third kappa shape index (κ3) is 6.87. The van der Waals surface area contributed by atoms with Crippen molar-refractivity contribution in [2.75, 3.05) is 23.0 Å². The maximum absolute atomic E-state index is 2.34. The highest BCUT2D eigenvalue weighted by molar-refractivity contribution is 7.99. The number of hydrogen-bond donors (Lipinski definition) is 0. The van der Waals surface area contributed by atoms with Crippen molar-refractivity contribution in [1.82, 2.24) is 0 Å². The molecule has 0 amide bonds. The van der Waals surface area contributed by atoms with E-state index in [9.17, 15) is 0 Å². The molecular weight excluding hydrogens is 473 g/mol. The van der Waals surface area contributed by atoms with Crippen molar-refractivity contribution in [1.29, 1.82) is 0 Å². The Kier molecular flexibility index (Phi) is 9.27. The zero-order chi connectivity index (χ0) is 24.4. The van der Waals surface area contributed by atoms with Gasteiger partial charge < -0.3 is 0 Å². The lowest BCUT2D eigenvalue weighted by atomic mass is 9.86. The molecule has 4 aromatic rings. The van der Waals surface area contributed by atoms with Gasteiger partial charge in [0.25, 0.3) is 0 Å². The van der Waals surface area contributed by atoms with Crippen LogP contribution in [0.1, 0.15) is 58.8 Å². The first-order valence-electron chi connectivity index (χ1n) is 13.2. The van der Waals surface area contributed by atoms with Crippen LogP contribution in [0.3, 0.4) is 0 Å². The van der Waals surface area contributed by atoms with E-state index in [1.165, 1.54) is 58.1 Å². The summed E-state index contributed by atoms with van der Waals surface area (Å²) in [5.41, 5.74) is 5.97. The van der Waals surface area contributed by atoms with E-state index in [4.69, 9.17) is 0 Å². The maximum Gasteiger partial charge on any atom is 0.000191 e. The zero-order valence-electron chi connectivity index (χ0n) is 20.9. The smallest absolute Gasteiger partial charge is 0.000191 e. The molecular formula is C34H36S2. The Balaban J connectivity index is 1.44. The molecule has 4 atom stereocenters. The average Bonchev–Trinajstić information content (AvgIpc) is 2.95. The lowest BCUT2D eigenvalue weighted by Gasteiger charge is -2.29. The van der Waals surface area contributed by atoms with Crippen LogP contribution in [0.25, 0.3) is 0 Å². The van der Waals surface area contributed by atoms with Crippen LogP contribution in [0, 0.1) is 0 Å². The molecule has 0 aliphatic carbocycles. The summed E-state index contributed by atoms with van der Waals surface area (Å²) in [5.74, 6) is 7.00. The first-order valence-corrected chi connectivity index (χ1v) is 15.5. The van der Waals surface area contributed by atoms with Gasteiger partial charge in [0.15, 0.2) is 0 Å². The third-order valence-corrected chi connectivity index (χ3v) is 10.1. The SMILES string of the molecule is c1ccc(C2CSCC(c3ccccc3)CC(c3ccccc3)CSCC(c3ccccc3)C2)cc1. The van der Waals surface area contributed by atoms with Gasteiger partial charge in [-0.2, -0.15) is 23.5 Å². The molecule has 5 rings (SSSR count). The lowest BCUT2D eigenvalue weighted by molar-refractivity contribution is 0.588. The van der Waals surface area contributed by atoms with Crippen LogP contribution in [0.5, 0.6) is 0 Å². The highest BCUT2D eigenvalue weighted by Gasteiger charge is 2.25. The second-order valence-corrected chi connectivity index (χ2v) is 12.1.